The summed E-state index contributed by atoms with van der Waals surface area (Å²) < 4.78 is 16.4. The highest BCUT2D eigenvalue weighted by atomic mass is 16.6. The van der Waals surface area contributed by atoms with Gasteiger partial charge in [0, 0.05) is 43.9 Å². The Labute approximate surface area is 220 Å². The molecular formula is C26H43N5O6. The van der Waals surface area contributed by atoms with Crippen molar-refractivity contribution in [2.75, 3.05) is 40.4 Å². The monoisotopic (exact) mass is 521 g/mol. The maximum atomic E-state index is 13.1. The largest absolute Gasteiger partial charge is 0.497 e. The molecule has 0 saturated heterocycles. The summed E-state index contributed by atoms with van der Waals surface area (Å²) >= 11 is 0. The van der Waals surface area contributed by atoms with E-state index in [0.29, 0.717) is 19.6 Å². The Morgan fingerprint density at radius 1 is 1.16 bits per heavy atom. The number of nitrogens with zero attached hydrogens (tertiary/aromatic N) is 5. The molecule has 0 bridgehead atoms. The molecule has 1 rings (SSSR count). The van der Waals surface area contributed by atoms with E-state index in [1.54, 1.807) is 39.8 Å². The number of hydrogen-bond donors (Lipinski definition) is 1. The number of azide groups is 1. The van der Waals surface area contributed by atoms with E-state index in [4.69, 9.17) is 19.7 Å². The quantitative estimate of drug-likeness (QED) is 0.157. The zero-order chi connectivity index (χ0) is 28.0. The van der Waals surface area contributed by atoms with Gasteiger partial charge < -0.3 is 29.1 Å². The SMILES string of the molecule is COc1ccc(COCC(C)N(CC(C)C(O)CN(C)C(=O)OC(C)(C)C)C(=O)CCCN=[N+]=[N-])cc1. The van der Waals surface area contributed by atoms with Crippen molar-refractivity contribution >= 4 is 12.0 Å². The summed E-state index contributed by atoms with van der Waals surface area (Å²) in [5.74, 6) is 0.322. The number of rotatable bonds is 15. The number of methoxy groups -OCH3 is 1. The van der Waals surface area contributed by atoms with Crippen LogP contribution in [0.5, 0.6) is 5.75 Å². The van der Waals surface area contributed by atoms with Crippen LogP contribution in [0.1, 0.15) is 53.0 Å². The summed E-state index contributed by atoms with van der Waals surface area (Å²) in [6.07, 6.45) is -0.756. The van der Waals surface area contributed by atoms with Gasteiger partial charge in [-0.25, -0.2) is 4.79 Å². The summed E-state index contributed by atoms with van der Waals surface area (Å²) in [7, 11) is 3.18. The Morgan fingerprint density at radius 2 is 1.81 bits per heavy atom. The summed E-state index contributed by atoms with van der Waals surface area (Å²) in [5, 5.41) is 14.3. The van der Waals surface area contributed by atoms with Gasteiger partial charge in [-0.15, -0.1) is 0 Å². The molecule has 1 aromatic carbocycles. The molecule has 11 heteroatoms. The van der Waals surface area contributed by atoms with Crippen LogP contribution in [0.25, 0.3) is 10.4 Å². The van der Waals surface area contributed by atoms with Gasteiger partial charge in [0.05, 0.1) is 32.5 Å². The van der Waals surface area contributed by atoms with Crippen molar-refractivity contribution in [3.8, 4) is 5.75 Å². The minimum absolute atomic E-state index is 0.0668. The van der Waals surface area contributed by atoms with Crippen LogP contribution in [-0.2, 0) is 20.9 Å². The molecule has 0 aromatic heterocycles. The van der Waals surface area contributed by atoms with Crippen molar-refractivity contribution in [1.29, 1.82) is 0 Å². The third kappa shape index (κ3) is 12.7. The number of benzene rings is 1. The molecule has 0 heterocycles. The first-order valence-electron chi connectivity index (χ1n) is 12.5. The van der Waals surface area contributed by atoms with Crippen LogP contribution in [0.3, 0.4) is 0 Å². The first-order valence-corrected chi connectivity index (χ1v) is 12.5. The van der Waals surface area contributed by atoms with E-state index in [9.17, 15) is 14.7 Å². The third-order valence-electron chi connectivity index (χ3n) is 5.66. The molecule has 3 atom stereocenters. The van der Waals surface area contributed by atoms with E-state index in [2.05, 4.69) is 10.0 Å². The number of carbonyl (C=O) groups excluding carboxylic acids is 2. The molecule has 0 saturated carbocycles. The number of carbonyl (C=O) groups is 2. The molecule has 1 N–H and O–H groups in total. The van der Waals surface area contributed by atoms with E-state index < -0.39 is 17.8 Å². The van der Waals surface area contributed by atoms with Crippen LogP contribution >= 0.6 is 0 Å². The molecule has 0 spiro atoms. The molecule has 0 aliphatic carbocycles. The fraction of sp³-hybridized carbons (Fsp3) is 0.692. The molecule has 11 nitrogen and oxygen atoms in total. The highest BCUT2D eigenvalue weighted by molar-refractivity contribution is 5.76. The van der Waals surface area contributed by atoms with Crippen LogP contribution in [0.2, 0.25) is 0 Å². The fourth-order valence-corrected chi connectivity index (χ4v) is 3.48. The molecule has 0 radical (unpaired) electrons. The summed E-state index contributed by atoms with van der Waals surface area (Å²) in [5.41, 5.74) is 8.82. The Morgan fingerprint density at radius 3 is 2.38 bits per heavy atom. The maximum absolute atomic E-state index is 13.1. The predicted molar refractivity (Wildman–Crippen MR) is 141 cm³/mol. The Kier molecular flexibility index (Phi) is 13.8. The van der Waals surface area contributed by atoms with Gasteiger partial charge in [-0.1, -0.05) is 24.2 Å². The molecule has 2 amide bonds. The van der Waals surface area contributed by atoms with Gasteiger partial charge in [-0.3, -0.25) is 4.79 Å². The van der Waals surface area contributed by atoms with Gasteiger partial charge in [0.15, 0.2) is 0 Å². The van der Waals surface area contributed by atoms with Crippen molar-refractivity contribution in [2.24, 2.45) is 11.0 Å². The molecule has 0 fully saturated rings. The van der Waals surface area contributed by atoms with Crippen molar-refractivity contribution in [1.82, 2.24) is 9.80 Å². The minimum Gasteiger partial charge on any atom is -0.497 e. The number of ether oxygens (including phenoxy) is 3. The second-order valence-corrected chi connectivity index (χ2v) is 10.2. The van der Waals surface area contributed by atoms with E-state index >= 15 is 0 Å². The number of amides is 2. The van der Waals surface area contributed by atoms with Crippen molar-refractivity contribution in [2.45, 2.75) is 71.8 Å². The Hall–Kier alpha value is -3.01. The Balaban J connectivity index is 2.78. The normalized spacial score (nSPS) is 13.6. The highest BCUT2D eigenvalue weighted by Gasteiger charge is 2.28. The van der Waals surface area contributed by atoms with Crippen LogP contribution in [0.15, 0.2) is 29.4 Å². The van der Waals surface area contributed by atoms with Crippen molar-refractivity contribution in [3.63, 3.8) is 0 Å². The number of likely N-dealkylation sites (N-methyl/N-ethyl adjacent to an activating group) is 1. The molecule has 0 aliphatic heterocycles. The topological polar surface area (TPSA) is 137 Å². The van der Waals surface area contributed by atoms with Gasteiger partial charge in [-0.2, -0.15) is 0 Å². The van der Waals surface area contributed by atoms with Crippen LogP contribution in [0, 0.1) is 5.92 Å². The van der Waals surface area contributed by atoms with E-state index in [1.807, 2.05) is 38.1 Å². The minimum atomic E-state index is -0.872. The molecule has 208 valence electrons. The highest BCUT2D eigenvalue weighted by Crippen LogP contribution is 2.16. The maximum Gasteiger partial charge on any atom is 0.410 e. The predicted octanol–water partition coefficient (Wildman–Crippen LogP) is 4.38. The molecule has 3 unspecified atom stereocenters. The Bertz CT molecular complexity index is 882. The van der Waals surface area contributed by atoms with Gasteiger partial charge in [0.25, 0.3) is 0 Å². The molecule has 0 aliphatic rings. The lowest BCUT2D eigenvalue weighted by atomic mass is 10.0. The zero-order valence-corrected chi connectivity index (χ0v) is 23.2. The van der Waals surface area contributed by atoms with E-state index in [1.165, 1.54) is 4.90 Å². The molecular weight excluding hydrogens is 478 g/mol. The summed E-state index contributed by atoms with van der Waals surface area (Å²) in [6, 6.07) is 7.30. The van der Waals surface area contributed by atoms with Gasteiger partial charge in [-0.05, 0) is 57.3 Å². The fourth-order valence-electron chi connectivity index (χ4n) is 3.48. The van der Waals surface area contributed by atoms with Gasteiger partial charge >= 0.3 is 6.09 Å². The second-order valence-electron chi connectivity index (χ2n) is 10.2. The van der Waals surface area contributed by atoms with Crippen molar-refractivity contribution < 1.29 is 28.9 Å². The van der Waals surface area contributed by atoms with E-state index in [0.717, 1.165) is 11.3 Å². The number of aliphatic hydroxyl groups excluding tert-OH is 1. The average molecular weight is 522 g/mol. The molecule has 37 heavy (non-hydrogen) atoms. The van der Waals surface area contributed by atoms with Crippen molar-refractivity contribution in [3.05, 3.63) is 40.3 Å². The second kappa shape index (κ2) is 16.0. The lowest BCUT2D eigenvalue weighted by Crippen LogP contribution is -2.47. The number of hydrogen-bond acceptors (Lipinski definition) is 7. The first-order chi connectivity index (χ1) is 17.4. The van der Waals surface area contributed by atoms with Crippen LogP contribution < -0.4 is 4.74 Å². The van der Waals surface area contributed by atoms with Crippen LogP contribution in [0.4, 0.5) is 4.79 Å². The van der Waals surface area contributed by atoms with Crippen LogP contribution in [-0.4, -0.2) is 85.1 Å². The lowest BCUT2D eigenvalue weighted by Gasteiger charge is -2.34. The summed E-state index contributed by atoms with van der Waals surface area (Å²) in [4.78, 5) is 31.1. The van der Waals surface area contributed by atoms with E-state index in [-0.39, 0.29) is 43.9 Å². The first kappa shape index (κ1) is 32.0. The standard InChI is InChI=1S/C26H43N5O6/c1-19(23(32)16-30(6)25(34)37-26(3,4)5)15-31(24(33)9-8-14-28-29-27)20(2)17-36-18-21-10-12-22(35-7)13-11-21/h10-13,19-20,23,32H,8-9,14-18H2,1-7H3. The lowest BCUT2D eigenvalue weighted by molar-refractivity contribution is -0.136. The third-order valence-corrected chi connectivity index (χ3v) is 5.66. The number of aliphatic hydroxyl groups is 1. The summed E-state index contributed by atoms with van der Waals surface area (Å²) in [6.45, 7) is 10.3. The molecule has 1 aromatic rings. The smallest absolute Gasteiger partial charge is 0.410 e. The zero-order valence-electron chi connectivity index (χ0n) is 23.2. The van der Waals surface area contributed by atoms with Gasteiger partial charge in [0.1, 0.15) is 11.4 Å². The average Bonchev–Trinajstić information content (AvgIpc) is 2.84. The van der Waals surface area contributed by atoms with Gasteiger partial charge in [0.2, 0.25) is 5.91 Å².